The highest BCUT2D eigenvalue weighted by Crippen LogP contribution is 2.28. The molecule has 0 aliphatic carbocycles. The number of nitrogens with one attached hydrogen (secondary N) is 1. The van der Waals surface area contributed by atoms with E-state index < -0.39 is 12.1 Å². The van der Waals surface area contributed by atoms with Crippen LogP contribution in [0.15, 0.2) is 85.1 Å². The van der Waals surface area contributed by atoms with Crippen molar-refractivity contribution in [2.24, 2.45) is 0 Å². The molecule has 0 amide bonds. The second-order valence-electron chi connectivity index (χ2n) is 7.28. The second-order valence-corrected chi connectivity index (χ2v) is 7.28. The summed E-state index contributed by atoms with van der Waals surface area (Å²) in [5, 5.41) is 0.776. The van der Waals surface area contributed by atoms with Gasteiger partial charge in [-0.25, -0.2) is 4.79 Å². The van der Waals surface area contributed by atoms with Gasteiger partial charge in [0.25, 0.3) is 0 Å². The van der Waals surface area contributed by atoms with Crippen LogP contribution in [-0.2, 0) is 9.53 Å². The molecule has 6 heteroatoms. The summed E-state index contributed by atoms with van der Waals surface area (Å²) in [6, 6.07) is 21.7. The molecule has 0 spiro atoms. The lowest BCUT2D eigenvalue weighted by molar-refractivity contribution is -0.141. The maximum absolute atomic E-state index is 13.4. The van der Waals surface area contributed by atoms with Crippen molar-refractivity contribution in [2.75, 3.05) is 14.2 Å². The second kappa shape index (κ2) is 9.87. The molecule has 0 saturated heterocycles. The number of aromatic amines is 1. The van der Waals surface area contributed by atoms with E-state index in [9.17, 15) is 9.59 Å². The summed E-state index contributed by atoms with van der Waals surface area (Å²) in [5.74, 6) is 0.241. The Kier molecular flexibility index (Phi) is 6.55. The maximum Gasteiger partial charge on any atom is 0.331 e. The van der Waals surface area contributed by atoms with Crippen molar-refractivity contribution >= 4 is 28.7 Å². The van der Waals surface area contributed by atoms with E-state index in [4.69, 9.17) is 14.2 Å². The highest BCUT2D eigenvalue weighted by Gasteiger charge is 2.27. The van der Waals surface area contributed by atoms with Crippen molar-refractivity contribution in [3.05, 3.63) is 102 Å². The number of H-pyrrole nitrogens is 1. The fourth-order valence-corrected chi connectivity index (χ4v) is 3.59. The van der Waals surface area contributed by atoms with E-state index in [2.05, 4.69) is 4.98 Å². The molecule has 1 heterocycles. The minimum Gasteiger partial charge on any atom is -0.497 e. The van der Waals surface area contributed by atoms with Gasteiger partial charge in [0, 0.05) is 45.9 Å². The molecule has 1 N–H and O–H groups in total. The number of methoxy groups -OCH3 is 2. The number of esters is 1. The number of carbonyl (C=O) groups excluding carboxylic acids is 2. The molecule has 33 heavy (non-hydrogen) atoms. The van der Waals surface area contributed by atoms with Gasteiger partial charge in [-0.15, -0.1) is 0 Å². The predicted octanol–water partition coefficient (Wildman–Crippen LogP) is 5.37. The number of fused-ring (bicyclic) bond motifs is 1. The van der Waals surface area contributed by atoms with Gasteiger partial charge in [0.1, 0.15) is 11.5 Å². The van der Waals surface area contributed by atoms with E-state index >= 15 is 0 Å². The first kappa shape index (κ1) is 21.9. The van der Waals surface area contributed by atoms with Crippen molar-refractivity contribution < 1.29 is 23.8 Å². The van der Waals surface area contributed by atoms with Gasteiger partial charge in [0.05, 0.1) is 14.2 Å². The van der Waals surface area contributed by atoms with Gasteiger partial charge in [-0.3, -0.25) is 4.79 Å². The quantitative estimate of drug-likeness (QED) is 0.226. The normalized spacial score (nSPS) is 11.9. The van der Waals surface area contributed by atoms with Gasteiger partial charge in [0.15, 0.2) is 6.10 Å². The number of carbonyl (C=O) groups is 2. The molecular formula is C27H23NO5. The third kappa shape index (κ3) is 4.80. The van der Waals surface area contributed by atoms with E-state index in [-0.39, 0.29) is 5.78 Å². The van der Waals surface area contributed by atoms with E-state index in [0.717, 1.165) is 10.9 Å². The fourth-order valence-electron chi connectivity index (χ4n) is 3.59. The number of benzene rings is 3. The van der Waals surface area contributed by atoms with Crippen LogP contribution < -0.4 is 9.47 Å². The van der Waals surface area contributed by atoms with Gasteiger partial charge >= 0.3 is 5.97 Å². The van der Waals surface area contributed by atoms with Crippen LogP contribution in [0.25, 0.3) is 17.0 Å². The van der Waals surface area contributed by atoms with E-state index in [1.165, 1.54) is 13.2 Å². The summed E-state index contributed by atoms with van der Waals surface area (Å²) in [6.45, 7) is 0. The maximum atomic E-state index is 13.4. The van der Waals surface area contributed by atoms with Crippen LogP contribution in [0.3, 0.4) is 0 Å². The Labute approximate surface area is 191 Å². The van der Waals surface area contributed by atoms with Crippen molar-refractivity contribution in [3.8, 4) is 11.5 Å². The molecule has 166 valence electrons. The van der Waals surface area contributed by atoms with Crippen LogP contribution in [0.4, 0.5) is 0 Å². The third-order valence-corrected chi connectivity index (χ3v) is 5.27. The fraction of sp³-hybridized carbons (Fsp3) is 0.111. The number of ether oxygens (including phenoxy) is 3. The number of rotatable bonds is 8. The van der Waals surface area contributed by atoms with Crippen molar-refractivity contribution in [1.29, 1.82) is 0 Å². The standard InChI is InChI=1S/C27H23NO5/c1-31-20-14-12-18(24(16-20)32-2)13-15-25(29)33-27(19-8-4-3-5-9-19)26(30)22-17-28-23-11-7-6-10-21(22)23/h3-17,27-28H,1-2H3. The number of para-hydroxylation sites is 1. The lowest BCUT2D eigenvalue weighted by atomic mass is 9.99. The van der Waals surface area contributed by atoms with Crippen LogP contribution in [0.2, 0.25) is 0 Å². The van der Waals surface area contributed by atoms with E-state index in [1.807, 2.05) is 30.3 Å². The van der Waals surface area contributed by atoms with Gasteiger partial charge in [-0.1, -0.05) is 48.5 Å². The Morgan fingerprint density at radius 2 is 1.67 bits per heavy atom. The summed E-state index contributed by atoms with van der Waals surface area (Å²) in [7, 11) is 3.10. The van der Waals surface area contributed by atoms with Crippen molar-refractivity contribution in [1.82, 2.24) is 4.98 Å². The predicted molar refractivity (Wildman–Crippen MR) is 126 cm³/mol. The number of hydrogen-bond acceptors (Lipinski definition) is 5. The van der Waals surface area contributed by atoms with Crippen LogP contribution in [0.1, 0.15) is 27.6 Å². The Morgan fingerprint density at radius 3 is 2.42 bits per heavy atom. The number of ketones is 1. The Bertz CT molecular complexity index is 1310. The zero-order valence-corrected chi connectivity index (χ0v) is 18.3. The van der Waals surface area contributed by atoms with Crippen LogP contribution in [-0.4, -0.2) is 31.0 Å². The van der Waals surface area contributed by atoms with Crippen molar-refractivity contribution in [2.45, 2.75) is 6.10 Å². The molecule has 0 aliphatic heterocycles. The van der Waals surface area contributed by atoms with Gasteiger partial charge in [-0.2, -0.15) is 0 Å². The third-order valence-electron chi connectivity index (χ3n) is 5.27. The summed E-state index contributed by atoms with van der Waals surface area (Å²) in [4.78, 5) is 29.3. The monoisotopic (exact) mass is 441 g/mol. The molecule has 1 atom stereocenters. The average Bonchev–Trinajstić information content (AvgIpc) is 3.30. The van der Waals surface area contributed by atoms with Crippen LogP contribution >= 0.6 is 0 Å². The first-order chi connectivity index (χ1) is 16.1. The zero-order valence-electron chi connectivity index (χ0n) is 18.3. The van der Waals surface area contributed by atoms with Gasteiger partial charge in [-0.05, 0) is 24.3 Å². The lowest BCUT2D eigenvalue weighted by Crippen LogP contribution is -2.19. The van der Waals surface area contributed by atoms with Crippen LogP contribution in [0.5, 0.6) is 11.5 Å². The van der Waals surface area contributed by atoms with E-state index in [1.54, 1.807) is 61.8 Å². The zero-order chi connectivity index (χ0) is 23.2. The molecule has 6 nitrogen and oxygen atoms in total. The molecule has 3 aromatic carbocycles. The molecular weight excluding hydrogens is 418 g/mol. The number of aromatic nitrogens is 1. The molecule has 4 aromatic rings. The van der Waals surface area contributed by atoms with Gasteiger partial charge in [0.2, 0.25) is 5.78 Å². The lowest BCUT2D eigenvalue weighted by Gasteiger charge is -2.16. The molecule has 0 fully saturated rings. The molecule has 0 aliphatic rings. The smallest absolute Gasteiger partial charge is 0.331 e. The minimum atomic E-state index is -1.08. The molecule has 0 bridgehead atoms. The first-order valence-corrected chi connectivity index (χ1v) is 10.4. The van der Waals surface area contributed by atoms with Gasteiger partial charge < -0.3 is 19.2 Å². The topological polar surface area (TPSA) is 77.6 Å². The Hall–Kier alpha value is -4.32. The highest BCUT2D eigenvalue weighted by atomic mass is 16.5. The minimum absolute atomic E-state index is 0.303. The Morgan fingerprint density at radius 1 is 0.909 bits per heavy atom. The summed E-state index contributed by atoms with van der Waals surface area (Å²) in [5.41, 5.74) is 2.57. The summed E-state index contributed by atoms with van der Waals surface area (Å²) in [6.07, 6.45) is 3.43. The van der Waals surface area contributed by atoms with Crippen LogP contribution in [0, 0.1) is 0 Å². The summed E-state index contributed by atoms with van der Waals surface area (Å²) < 4.78 is 16.2. The highest BCUT2D eigenvalue weighted by molar-refractivity contribution is 6.10. The molecule has 1 unspecified atom stereocenters. The largest absolute Gasteiger partial charge is 0.497 e. The average molecular weight is 441 g/mol. The molecule has 4 rings (SSSR count). The number of hydrogen-bond donors (Lipinski definition) is 1. The summed E-state index contributed by atoms with van der Waals surface area (Å²) >= 11 is 0. The Balaban J connectivity index is 1.61. The molecule has 0 saturated carbocycles. The molecule has 0 radical (unpaired) electrons. The SMILES string of the molecule is COc1ccc(C=CC(=O)OC(C(=O)c2c[nH]c3ccccc23)c2ccccc2)c(OC)c1. The first-order valence-electron chi connectivity index (χ1n) is 10.4. The number of Topliss-reactive ketones (excluding diaryl/α,β-unsaturated/α-hetero) is 1. The molecule has 1 aromatic heterocycles. The van der Waals surface area contributed by atoms with E-state index in [0.29, 0.717) is 28.2 Å². The van der Waals surface area contributed by atoms with Crippen molar-refractivity contribution in [3.63, 3.8) is 0 Å².